The maximum Gasteiger partial charge on any atom is 0.307 e. The van der Waals surface area contributed by atoms with Crippen LogP contribution in [0.2, 0.25) is 0 Å². The second-order valence-corrected chi connectivity index (χ2v) is 6.68. The van der Waals surface area contributed by atoms with Crippen molar-refractivity contribution in [2.24, 2.45) is 17.8 Å². The van der Waals surface area contributed by atoms with Gasteiger partial charge in [-0.1, -0.05) is 31.0 Å². The third kappa shape index (κ3) is 3.23. The molecule has 2 aliphatic rings. The van der Waals surface area contributed by atoms with Crippen LogP contribution in [0.25, 0.3) is 0 Å². The minimum atomic E-state index is -0.917. The Labute approximate surface area is 135 Å². The van der Waals surface area contributed by atoms with Crippen molar-refractivity contribution >= 4 is 11.9 Å². The second-order valence-electron chi connectivity index (χ2n) is 6.68. The number of nitrogens with one attached hydrogen (secondary N) is 1. The number of rotatable bonds is 5. The summed E-state index contributed by atoms with van der Waals surface area (Å²) in [6.45, 7) is 0. The van der Waals surface area contributed by atoms with Gasteiger partial charge in [-0.05, 0) is 37.7 Å². The molecule has 1 amide bonds. The molecule has 1 aromatic carbocycles. The molecule has 3 unspecified atom stereocenters. The van der Waals surface area contributed by atoms with E-state index in [-0.39, 0.29) is 23.7 Å². The van der Waals surface area contributed by atoms with Gasteiger partial charge < -0.3 is 10.4 Å². The van der Waals surface area contributed by atoms with Crippen molar-refractivity contribution in [1.82, 2.24) is 5.32 Å². The summed E-state index contributed by atoms with van der Waals surface area (Å²) in [5, 5.41) is 12.1. The molecule has 4 nitrogen and oxygen atoms in total. The first kappa shape index (κ1) is 16.0. The van der Waals surface area contributed by atoms with E-state index in [4.69, 9.17) is 5.11 Å². The molecule has 1 aromatic rings. The molecule has 2 aliphatic carbocycles. The quantitative estimate of drug-likeness (QED) is 0.875. The Morgan fingerprint density at radius 1 is 1.09 bits per heavy atom. The first-order valence-corrected chi connectivity index (χ1v) is 8.35. The van der Waals surface area contributed by atoms with Gasteiger partial charge in [-0.15, -0.1) is 0 Å². The van der Waals surface area contributed by atoms with Gasteiger partial charge in [-0.2, -0.15) is 0 Å². The fraction of sp³-hybridized carbons (Fsp3) is 0.556. The molecule has 0 spiro atoms. The van der Waals surface area contributed by atoms with Gasteiger partial charge in [0.15, 0.2) is 0 Å². The lowest BCUT2D eigenvalue weighted by molar-refractivity contribution is -0.153. The number of aliphatic carboxylic acids is 1. The van der Waals surface area contributed by atoms with Crippen LogP contribution in [-0.4, -0.2) is 17.0 Å². The van der Waals surface area contributed by atoms with E-state index in [2.05, 4.69) is 5.32 Å². The SMILES string of the molecule is O=C(O)C1CCC1C(=O)NC(c1ccccc1F)C1CCCC1. The summed E-state index contributed by atoms with van der Waals surface area (Å²) in [6, 6.07) is 6.18. The van der Waals surface area contributed by atoms with Crippen LogP contribution in [0.15, 0.2) is 24.3 Å². The number of carboxylic acids is 1. The zero-order chi connectivity index (χ0) is 16.4. The molecule has 23 heavy (non-hydrogen) atoms. The zero-order valence-electron chi connectivity index (χ0n) is 13.0. The number of carbonyl (C=O) groups excluding carboxylic acids is 1. The molecule has 0 saturated heterocycles. The van der Waals surface area contributed by atoms with E-state index in [1.807, 2.05) is 0 Å². The van der Waals surface area contributed by atoms with Crippen LogP contribution in [0.3, 0.4) is 0 Å². The van der Waals surface area contributed by atoms with Crippen LogP contribution in [0.5, 0.6) is 0 Å². The summed E-state index contributed by atoms with van der Waals surface area (Å²) in [5.74, 6) is -2.33. The van der Waals surface area contributed by atoms with E-state index in [0.717, 1.165) is 25.7 Å². The van der Waals surface area contributed by atoms with Crippen molar-refractivity contribution in [3.63, 3.8) is 0 Å². The molecule has 3 atom stereocenters. The normalized spacial score (nSPS) is 25.6. The fourth-order valence-electron chi connectivity index (χ4n) is 3.84. The van der Waals surface area contributed by atoms with Crippen LogP contribution in [0, 0.1) is 23.6 Å². The minimum Gasteiger partial charge on any atom is -0.481 e. The number of halogens is 1. The van der Waals surface area contributed by atoms with E-state index >= 15 is 0 Å². The Kier molecular flexibility index (Phi) is 4.64. The number of hydrogen-bond donors (Lipinski definition) is 2. The van der Waals surface area contributed by atoms with Crippen molar-refractivity contribution in [1.29, 1.82) is 0 Å². The van der Waals surface area contributed by atoms with Crippen molar-refractivity contribution in [2.75, 3.05) is 0 Å². The largest absolute Gasteiger partial charge is 0.481 e. The number of carboxylic acid groups (broad SMARTS) is 1. The molecule has 0 aromatic heterocycles. The lowest BCUT2D eigenvalue weighted by Gasteiger charge is -2.35. The average Bonchev–Trinajstić information content (AvgIpc) is 2.97. The van der Waals surface area contributed by atoms with Crippen LogP contribution in [0.4, 0.5) is 4.39 Å². The van der Waals surface area contributed by atoms with Gasteiger partial charge in [0.2, 0.25) is 5.91 Å². The van der Waals surface area contributed by atoms with Gasteiger partial charge in [0.05, 0.1) is 17.9 Å². The molecule has 2 saturated carbocycles. The molecule has 0 aliphatic heterocycles. The first-order valence-electron chi connectivity index (χ1n) is 8.35. The number of carbonyl (C=O) groups is 2. The summed E-state index contributed by atoms with van der Waals surface area (Å²) in [6.07, 6.45) is 5.25. The fourth-order valence-corrected chi connectivity index (χ4v) is 3.84. The predicted molar refractivity (Wildman–Crippen MR) is 83.1 cm³/mol. The lowest BCUT2D eigenvalue weighted by Crippen LogP contribution is -2.46. The van der Waals surface area contributed by atoms with E-state index < -0.39 is 17.8 Å². The maximum atomic E-state index is 14.2. The van der Waals surface area contributed by atoms with Gasteiger partial charge in [0.1, 0.15) is 5.82 Å². The third-order valence-electron chi connectivity index (χ3n) is 5.34. The molecule has 3 rings (SSSR count). The van der Waals surface area contributed by atoms with Gasteiger partial charge >= 0.3 is 5.97 Å². The van der Waals surface area contributed by atoms with Crippen LogP contribution < -0.4 is 5.32 Å². The zero-order valence-corrected chi connectivity index (χ0v) is 13.0. The highest BCUT2D eigenvalue weighted by atomic mass is 19.1. The summed E-state index contributed by atoms with van der Waals surface area (Å²) in [7, 11) is 0. The summed E-state index contributed by atoms with van der Waals surface area (Å²) in [5.41, 5.74) is 0.513. The van der Waals surface area contributed by atoms with E-state index in [9.17, 15) is 14.0 Å². The topological polar surface area (TPSA) is 66.4 Å². The highest BCUT2D eigenvalue weighted by molar-refractivity contribution is 5.86. The van der Waals surface area contributed by atoms with Crippen molar-refractivity contribution in [3.05, 3.63) is 35.6 Å². The Hall–Kier alpha value is -1.91. The van der Waals surface area contributed by atoms with Gasteiger partial charge in [-0.3, -0.25) is 9.59 Å². The Morgan fingerprint density at radius 2 is 1.74 bits per heavy atom. The third-order valence-corrected chi connectivity index (χ3v) is 5.34. The van der Waals surface area contributed by atoms with Crippen molar-refractivity contribution < 1.29 is 19.1 Å². The molecule has 0 heterocycles. The second kappa shape index (κ2) is 6.69. The lowest BCUT2D eigenvalue weighted by atomic mass is 9.73. The number of hydrogen-bond acceptors (Lipinski definition) is 2. The molecule has 124 valence electrons. The summed E-state index contributed by atoms with van der Waals surface area (Å²) in [4.78, 5) is 23.6. The first-order chi connectivity index (χ1) is 11.1. The highest BCUT2D eigenvalue weighted by Crippen LogP contribution is 2.39. The summed E-state index contributed by atoms with van der Waals surface area (Å²) >= 11 is 0. The molecule has 2 fully saturated rings. The van der Waals surface area contributed by atoms with Crippen LogP contribution >= 0.6 is 0 Å². The molecule has 2 N–H and O–H groups in total. The Balaban J connectivity index is 1.78. The van der Waals surface area contributed by atoms with Crippen molar-refractivity contribution in [2.45, 2.75) is 44.6 Å². The minimum absolute atomic E-state index is 0.221. The molecular formula is C18H22FNO3. The Morgan fingerprint density at radius 3 is 2.30 bits per heavy atom. The van der Waals surface area contributed by atoms with Crippen LogP contribution in [0.1, 0.15) is 50.1 Å². The van der Waals surface area contributed by atoms with E-state index in [1.165, 1.54) is 6.07 Å². The maximum absolute atomic E-state index is 14.2. The smallest absolute Gasteiger partial charge is 0.307 e. The van der Waals surface area contributed by atoms with Gasteiger partial charge in [-0.25, -0.2) is 4.39 Å². The molecule has 5 heteroatoms. The molecular weight excluding hydrogens is 297 g/mol. The number of amides is 1. The molecule has 0 bridgehead atoms. The highest BCUT2D eigenvalue weighted by Gasteiger charge is 2.42. The predicted octanol–water partition coefficient (Wildman–Crippen LogP) is 3.28. The van der Waals surface area contributed by atoms with E-state index in [1.54, 1.807) is 18.2 Å². The average molecular weight is 319 g/mol. The van der Waals surface area contributed by atoms with Gasteiger partial charge in [0.25, 0.3) is 0 Å². The Bertz CT molecular complexity index is 598. The standard InChI is InChI=1S/C18H22FNO3/c19-15-8-4-3-7-14(15)16(11-5-1-2-6-11)20-17(21)12-9-10-13(12)18(22)23/h3-4,7-8,11-13,16H,1-2,5-6,9-10H2,(H,20,21)(H,22,23). The van der Waals surface area contributed by atoms with Gasteiger partial charge in [0, 0.05) is 5.56 Å². The van der Waals surface area contributed by atoms with Crippen molar-refractivity contribution in [3.8, 4) is 0 Å². The summed E-state index contributed by atoms with van der Waals surface area (Å²) < 4.78 is 14.2. The van der Waals surface area contributed by atoms with Crippen LogP contribution in [-0.2, 0) is 9.59 Å². The number of benzene rings is 1. The monoisotopic (exact) mass is 319 g/mol. The van der Waals surface area contributed by atoms with E-state index in [0.29, 0.717) is 18.4 Å². The molecule has 0 radical (unpaired) electrons.